The molecule has 0 fully saturated rings. The molecule has 0 radical (unpaired) electrons. The summed E-state index contributed by atoms with van der Waals surface area (Å²) in [6.45, 7) is 0.594. The first-order valence-electron chi connectivity index (χ1n) is 12.9. The van der Waals surface area contributed by atoms with E-state index in [1.165, 1.54) is 12.1 Å². The highest BCUT2D eigenvalue weighted by Crippen LogP contribution is 2.31. The van der Waals surface area contributed by atoms with Gasteiger partial charge in [0.15, 0.2) is 11.5 Å². The molecule has 0 aromatic heterocycles. The van der Waals surface area contributed by atoms with Gasteiger partial charge < -0.3 is 20.5 Å². The van der Waals surface area contributed by atoms with E-state index in [0.717, 1.165) is 23.3 Å². The number of carbonyl (C=O) groups excluding carboxylic acids is 2. The third-order valence-electron chi connectivity index (χ3n) is 6.22. The van der Waals surface area contributed by atoms with Crippen LogP contribution in [0.4, 0.5) is 13.2 Å². The molecule has 0 spiro atoms. The number of amides is 2. The van der Waals surface area contributed by atoms with E-state index in [9.17, 15) is 22.8 Å². The largest absolute Gasteiger partial charge is 0.485 e. The van der Waals surface area contributed by atoms with Crippen molar-refractivity contribution in [2.75, 3.05) is 0 Å². The maximum absolute atomic E-state index is 13.0. The van der Waals surface area contributed by atoms with Gasteiger partial charge in [-0.3, -0.25) is 9.59 Å². The van der Waals surface area contributed by atoms with Crippen molar-refractivity contribution in [1.82, 2.24) is 5.32 Å². The number of nitrogens with one attached hydrogen (secondary N) is 1. The van der Waals surface area contributed by atoms with Crippen molar-refractivity contribution in [3.8, 4) is 11.5 Å². The summed E-state index contributed by atoms with van der Waals surface area (Å²) in [5, 5.41) is 2.54. The lowest BCUT2D eigenvalue weighted by Gasteiger charge is -2.18. The molecule has 0 aliphatic rings. The van der Waals surface area contributed by atoms with Crippen LogP contribution >= 0.6 is 0 Å². The summed E-state index contributed by atoms with van der Waals surface area (Å²) >= 11 is 0. The molecule has 4 aromatic carbocycles. The predicted octanol–water partition coefficient (Wildman–Crippen LogP) is 5.62. The van der Waals surface area contributed by atoms with Crippen LogP contribution in [0.2, 0.25) is 0 Å². The summed E-state index contributed by atoms with van der Waals surface area (Å²) in [7, 11) is 0. The number of rotatable bonds is 12. The minimum atomic E-state index is -4.53. The lowest BCUT2D eigenvalue weighted by molar-refractivity contribution is -0.137. The maximum atomic E-state index is 13.0. The fraction of sp³-hybridized carbons (Fsp3) is 0.188. The molecule has 0 bridgehead atoms. The molecule has 0 aliphatic carbocycles. The molecule has 41 heavy (non-hydrogen) atoms. The van der Waals surface area contributed by atoms with Crippen molar-refractivity contribution in [2.45, 2.75) is 38.3 Å². The van der Waals surface area contributed by atoms with Crippen molar-refractivity contribution >= 4 is 11.8 Å². The summed E-state index contributed by atoms with van der Waals surface area (Å²) in [4.78, 5) is 24.8. The van der Waals surface area contributed by atoms with Crippen LogP contribution < -0.4 is 20.5 Å². The smallest absolute Gasteiger partial charge is 0.416 e. The quantitative estimate of drug-likeness (QED) is 0.235. The van der Waals surface area contributed by atoms with Crippen LogP contribution in [-0.4, -0.2) is 17.9 Å². The Balaban J connectivity index is 1.47. The molecule has 212 valence electrons. The molecular weight excluding hydrogens is 533 g/mol. The average Bonchev–Trinajstić information content (AvgIpc) is 2.96. The van der Waals surface area contributed by atoms with Crippen LogP contribution in [0.5, 0.6) is 11.5 Å². The number of hydrogen-bond acceptors (Lipinski definition) is 4. The molecule has 1 atom stereocenters. The molecule has 0 saturated heterocycles. The van der Waals surface area contributed by atoms with E-state index in [2.05, 4.69) is 5.32 Å². The standard InChI is InChI=1S/C32H29F3N2O4/c33-32(34,35)26-13-7-12-24(16-26)19-30(38)37-27(31(36)39)17-25-14-15-28(40-20-22-8-3-1-4-9-22)29(18-25)41-21-23-10-5-2-6-11-23/h1-16,18,27H,17,19-21H2,(H2,36,39)(H,37,38)/t27-/m1/s1. The van der Waals surface area contributed by atoms with E-state index in [4.69, 9.17) is 15.2 Å². The number of halogens is 3. The highest BCUT2D eigenvalue weighted by Gasteiger charge is 2.30. The number of hydrogen-bond donors (Lipinski definition) is 2. The second-order valence-electron chi connectivity index (χ2n) is 9.43. The van der Waals surface area contributed by atoms with Crippen LogP contribution in [0, 0.1) is 0 Å². The molecule has 0 saturated carbocycles. The summed E-state index contributed by atoms with van der Waals surface area (Å²) in [5.74, 6) is -0.464. The number of primary amides is 1. The molecule has 4 aromatic rings. The van der Waals surface area contributed by atoms with Crippen LogP contribution in [0.15, 0.2) is 103 Å². The summed E-state index contributed by atoms with van der Waals surface area (Å²) in [6.07, 6.45) is -4.82. The van der Waals surface area contributed by atoms with E-state index in [1.807, 2.05) is 60.7 Å². The molecule has 3 N–H and O–H groups in total. The number of carbonyl (C=O) groups is 2. The van der Waals surface area contributed by atoms with Crippen LogP contribution in [0.3, 0.4) is 0 Å². The molecular formula is C32H29F3N2O4. The Kier molecular flexibility index (Phi) is 9.63. The van der Waals surface area contributed by atoms with Gasteiger partial charge in [-0.05, 0) is 40.5 Å². The van der Waals surface area contributed by atoms with Crippen LogP contribution in [-0.2, 0) is 41.8 Å². The van der Waals surface area contributed by atoms with Crippen LogP contribution in [0.25, 0.3) is 0 Å². The number of benzene rings is 4. The first-order chi connectivity index (χ1) is 19.7. The predicted molar refractivity (Wildman–Crippen MR) is 148 cm³/mol. The molecule has 6 nitrogen and oxygen atoms in total. The average molecular weight is 563 g/mol. The van der Waals surface area contributed by atoms with E-state index >= 15 is 0 Å². The second-order valence-corrected chi connectivity index (χ2v) is 9.43. The minimum Gasteiger partial charge on any atom is -0.485 e. The van der Waals surface area contributed by atoms with E-state index in [0.29, 0.717) is 23.7 Å². The zero-order chi connectivity index (χ0) is 29.2. The SMILES string of the molecule is NC(=O)[C@@H](Cc1ccc(OCc2ccccc2)c(OCc2ccccc2)c1)NC(=O)Cc1cccc(C(F)(F)F)c1. The first-order valence-corrected chi connectivity index (χ1v) is 12.9. The molecule has 9 heteroatoms. The van der Waals surface area contributed by atoms with Gasteiger partial charge in [-0.2, -0.15) is 13.2 Å². The first kappa shape index (κ1) is 29.2. The third-order valence-corrected chi connectivity index (χ3v) is 6.22. The zero-order valence-electron chi connectivity index (χ0n) is 22.1. The summed E-state index contributed by atoms with van der Waals surface area (Å²) in [6, 6.07) is 27.8. The Morgan fingerprint density at radius 3 is 1.88 bits per heavy atom. The van der Waals surface area contributed by atoms with Gasteiger partial charge in [-0.1, -0.05) is 84.9 Å². The van der Waals surface area contributed by atoms with Gasteiger partial charge in [-0.25, -0.2) is 0 Å². The van der Waals surface area contributed by atoms with Crippen molar-refractivity contribution in [2.24, 2.45) is 5.73 Å². The van der Waals surface area contributed by atoms with Crippen LogP contribution in [0.1, 0.15) is 27.8 Å². The summed E-state index contributed by atoms with van der Waals surface area (Å²) < 4.78 is 51.2. The summed E-state index contributed by atoms with van der Waals surface area (Å²) in [5.41, 5.74) is 7.44. The van der Waals surface area contributed by atoms with Crippen molar-refractivity contribution < 1.29 is 32.2 Å². The maximum Gasteiger partial charge on any atom is 0.416 e. The lowest BCUT2D eigenvalue weighted by atomic mass is 10.0. The van der Waals surface area contributed by atoms with E-state index in [1.54, 1.807) is 18.2 Å². The lowest BCUT2D eigenvalue weighted by Crippen LogP contribution is -2.46. The monoisotopic (exact) mass is 562 g/mol. The molecule has 0 unspecified atom stereocenters. The zero-order valence-corrected chi connectivity index (χ0v) is 22.1. The Hall–Kier alpha value is -4.79. The van der Waals surface area contributed by atoms with E-state index < -0.39 is 29.6 Å². The molecule has 4 rings (SSSR count). The van der Waals surface area contributed by atoms with Gasteiger partial charge in [0.1, 0.15) is 19.3 Å². The fourth-order valence-corrected chi connectivity index (χ4v) is 4.13. The Morgan fingerprint density at radius 1 is 0.707 bits per heavy atom. The highest BCUT2D eigenvalue weighted by molar-refractivity contribution is 5.87. The highest BCUT2D eigenvalue weighted by atomic mass is 19.4. The Labute approximate surface area is 235 Å². The van der Waals surface area contributed by atoms with Gasteiger partial charge in [0.25, 0.3) is 0 Å². The molecule has 2 amide bonds. The Bertz CT molecular complexity index is 1460. The van der Waals surface area contributed by atoms with Crippen molar-refractivity contribution in [1.29, 1.82) is 0 Å². The van der Waals surface area contributed by atoms with Crippen molar-refractivity contribution in [3.63, 3.8) is 0 Å². The second kappa shape index (κ2) is 13.5. The fourth-order valence-electron chi connectivity index (χ4n) is 4.13. The van der Waals surface area contributed by atoms with Gasteiger partial charge in [0, 0.05) is 6.42 Å². The van der Waals surface area contributed by atoms with Gasteiger partial charge in [-0.15, -0.1) is 0 Å². The number of nitrogens with two attached hydrogens (primary N) is 1. The van der Waals surface area contributed by atoms with Gasteiger partial charge in [0.05, 0.1) is 12.0 Å². The number of alkyl halides is 3. The topological polar surface area (TPSA) is 90.7 Å². The molecule has 0 aliphatic heterocycles. The third kappa shape index (κ3) is 8.86. The van der Waals surface area contributed by atoms with Gasteiger partial charge in [0.2, 0.25) is 11.8 Å². The minimum absolute atomic E-state index is 0.0460. The van der Waals surface area contributed by atoms with Gasteiger partial charge >= 0.3 is 6.18 Å². The normalized spacial score (nSPS) is 11.9. The Morgan fingerprint density at radius 2 is 1.29 bits per heavy atom. The number of ether oxygens (including phenoxy) is 2. The molecule has 0 heterocycles. The van der Waals surface area contributed by atoms with Crippen molar-refractivity contribution in [3.05, 3.63) is 131 Å². The van der Waals surface area contributed by atoms with E-state index in [-0.39, 0.29) is 25.0 Å².